The second-order valence-electron chi connectivity index (χ2n) is 2.59. The van der Waals surface area contributed by atoms with Crippen LogP contribution in [-0.2, 0) is 0 Å². The first-order valence-electron chi connectivity index (χ1n) is 3.77. The Balaban J connectivity index is 3.67. The summed E-state index contributed by atoms with van der Waals surface area (Å²) < 4.78 is 0. The van der Waals surface area contributed by atoms with E-state index in [0.29, 0.717) is 6.42 Å². The van der Waals surface area contributed by atoms with Crippen LogP contribution in [0, 0.1) is 0 Å². The maximum Gasteiger partial charge on any atom is 0.108 e. The average Bonchev–Trinajstić information content (AvgIpc) is 2.11. The predicted molar refractivity (Wildman–Crippen MR) is 48.1 cm³/mol. The first kappa shape index (κ1) is 12.2. The lowest BCUT2D eigenvalue weighted by molar-refractivity contribution is -0.0764. The molecule has 5 heteroatoms. The first-order valence-corrected chi connectivity index (χ1v) is 5.16. The fourth-order valence-corrected chi connectivity index (χ4v) is 1.25. The van der Waals surface area contributed by atoms with E-state index in [1.807, 2.05) is 6.26 Å². The van der Waals surface area contributed by atoms with E-state index in [1.165, 1.54) is 0 Å². The van der Waals surface area contributed by atoms with E-state index < -0.39 is 24.9 Å². The molecule has 0 aromatic carbocycles. The number of thioether (sulfide) groups is 1. The molecule has 0 aliphatic carbocycles. The number of aliphatic hydroxyl groups is 4. The molecule has 0 aliphatic rings. The van der Waals surface area contributed by atoms with E-state index in [9.17, 15) is 5.11 Å². The first-order chi connectivity index (χ1) is 5.63. The third-order valence-electron chi connectivity index (χ3n) is 1.59. The van der Waals surface area contributed by atoms with E-state index in [0.717, 1.165) is 5.75 Å². The van der Waals surface area contributed by atoms with Crippen molar-refractivity contribution in [3.05, 3.63) is 0 Å². The van der Waals surface area contributed by atoms with Crippen LogP contribution in [0.5, 0.6) is 0 Å². The Morgan fingerprint density at radius 1 is 1.17 bits per heavy atom. The molecule has 0 spiro atoms. The van der Waals surface area contributed by atoms with Gasteiger partial charge in [0.1, 0.15) is 12.2 Å². The minimum Gasteiger partial charge on any atom is -0.394 e. The smallest absolute Gasteiger partial charge is 0.108 e. The molecule has 0 saturated heterocycles. The van der Waals surface area contributed by atoms with Crippen molar-refractivity contribution in [2.75, 3.05) is 18.6 Å². The molecular weight excluding hydrogens is 180 g/mol. The van der Waals surface area contributed by atoms with Gasteiger partial charge in [-0.3, -0.25) is 0 Å². The molecule has 0 aromatic rings. The highest BCUT2D eigenvalue weighted by Gasteiger charge is 2.23. The summed E-state index contributed by atoms with van der Waals surface area (Å²) >= 11 is 1.55. The minimum atomic E-state index is -1.25. The van der Waals surface area contributed by atoms with Gasteiger partial charge in [-0.15, -0.1) is 0 Å². The molecule has 0 aromatic heterocycles. The van der Waals surface area contributed by atoms with Crippen LogP contribution in [0.25, 0.3) is 0 Å². The molecule has 0 radical (unpaired) electrons. The predicted octanol–water partition coefficient (Wildman–Crippen LogP) is -1.19. The van der Waals surface area contributed by atoms with Crippen LogP contribution in [0.15, 0.2) is 0 Å². The fraction of sp³-hybridized carbons (Fsp3) is 1.00. The van der Waals surface area contributed by atoms with Crippen molar-refractivity contribution < 1.29 is 20.4 Å². The van der Waals surface area contributed by atoms with Gasteiger partial charge in [0, 0.05) is 0 Å². The van der Waals surface area contributed by atoms with Crippen molar-refractivity contribution in [2.45, 2.75) is 24.7 Å². The molecule has 4 nitrogen and oxygen atoms in total. The highest BCUT2D eigenvalue weighted by molar-refractivity contribution is 7.98. The number of rotatable bonds is 6. The molecule has 0 bridgehead atoms. The van der Waals surface area contributed by atoms with Crippen LogP contribution < -0.4 is 0 Å². The van der Waals surface area contributed by atoms with Gasteiger partial charge >= 0.3 is 0 Å². The molecule has 0 rings (SSSR count). The van der Waals surface area contributed by atoms with Crippen LogP contribution in [0.4, 0.5) is 0 Å². The topological polar surface area (TPSA) is 80.9 Å². The van der Waals surface area contributed by atoms with Gasteiger partial charge in [0.05, 0.1) is 12.7 Å². The van der Waals surface area contributed by atoms with Crippen LogP contribution >= 0.6 is 11.8 Å². The average molecular weight is 196 g/mol. The van der Waals surface area contributed by atoms with Crippen molar-refractivity contribution in [3.63, 3.8) is 0 Å². The van der Waals surface area contributed by atoms with Crippen molar-refractivity contribution in [1.29, 1.82) is 0 Å². The van der Waals surface area contributed by atoms with Crippen LogP contribution in [0.3, 0.4) is 0 Å². The van der Waals surface area contributed by atoms with Gasteiger partial charge in [0.2, 0.25) is 0 Å². The van der Waals surface area contributed by atoms with Crippen molar-refractivity contribution >= 4 is 11.8 Å². The molecule has 0 amide bonds. The summed E-state index contributed by atoms with van der Waals surface area (Å²) in [5, 5.41) is 35.7. The van der Waals surface area contributed by atoms with Gasteiger partial charge in [0.15, 0.2) is 0 Å². The second-order valence-corrected chi connectivity index (χ2v) is 3.57. The van der Waals surface area contributed by atoms with E-state index in [4.69, 9.17) is 15.3 Å². The third kappa shape index (κ3) is 4.27. The van der Waals surface area contributed by atoms with Crippen LogP contribution in [0.1, 0.15) is 6.42 Å². The molecule has 0 heterocycles. The summed E-state index contributed by atoms with van der Waals surface area (Å²) in [7, 11) is 0. The van der Waals surface area contributed by atoms with Crippen molar-refractivity contribution in [1.82, 2.24) is 0 Å². The maximum absolute atomic E-state index is 9.22. The Morgan fingerprint density at radius 2 is 1.75 bits per heavy atom. The van der Waals surface area contributed by atoms with Gasteiger partial charge in [-0.2, -0.15) is 11.8 Å². The molecule has 74 valence electrons. The van der Waals surface area contributed by atoms with Gasteiger partial charge in [-0.25, -0.2) is 0 Å². The molecule has 0 aliphatic heterocycles. The quantitative estimate of drug-likeness (QED) is 0.430. The minimum absolute atomic E-state index is 0.416. The molecular formula is C7H16O4S. The summed E-state index contributed by atoms with van der Waals surface area (Å²) in [6.45, 7) is -0.530. The molecule has 3 atom stereocenters. The summed E-state index contributed by atoms with van der Waals surface area (Å²) in [6.07, 6.45) is -1.15. The van der Waals surface area contributed by atoms with Gasteiger partial charge in [-0.05, 0) is 18.4 Å². The van der Waals surface area contributed by atoms with Gasteiger partial charge in [0.25, 0.3) is 0 Å². The summed E-state index contributed by atoms with van der Waals surface area (Å²) in [5.41, 5.74) is 0. The second kappa shape index (κ2) is 6.68. The Kier molecular flexibility index (Phi) is 6.78. The lowest BCUT2D eigenvalue weighted by Crippen LogP contribution is -2.39. The molecule has 0 saturated carbocycles. The van der Waals surface area contributed by atoms with Crippen LogP contribution in [0.2, 0.25) is 0 Å². The van der Waals surface area contributed by atoms with E-state index in [1.54, 1.807) is 11.8 Å². The van der Waals surface area contributed by atoms with Crippen LogP contribution in [-0.4, -0.2) is 57.4 Å². The number of hydrogen-bond acceptors (Lipinski definition) is 5. The summed E-state index contributed by atoms with van der Waals surface area (Å²) in [4.78, 5) is 0. The Hall–Kier alpha value is 0.190. The maximum atomic E-state index is 9.22. The Labute approximate surface area is 76.2 Å². The monoisotopic (exact) mass is 196 g/mol. The largest absolute Gasteiger partial charge is 0.394 e. The standard InChI is InChI=1S/C7H16O4S/c1-12-3-2-5(9)7(11)6(10)4-8/h5-11H,2-4H2,1H3. The SMILES string of the molecule is CSCCC(O)C(O)C(O)CO. The molecule has 0 fully saturated rings. The van der Waals surface area contributed by atoms with Crippen molar-refractivity contribution in [3.8, 4) is 0 Å². The van der Waals surface area contributed by atoms with E-state index in [-0.39, 0.29) is 0 Å². The summed E-state index contributed by atoms with van der Waals surface area (Å²) in [6, 6.07) is 0. The molecule has 4 N–H and O–H groups in total. The van der Waals surface area contributed by atoms with Gasteiger partial charge in [-0.1, -0.05) is 0 Å². The van der Waals surface area contributed by atoms with Gasteiger partial charge < -0.3 is 20.4 Å². The zero-order valence-corrected chi connectivity index (χ0v) is 7.87. The van der Waals surface area contributed by atoms with E-state index in [2.05, 4.69) is 0 Å². The lowest BCUT2D eigenvalue weighted by atomic mass is 10.1. The lowest BCUT2D eigenvalue weighted by Gasteiger charge is -2.20. The van der Waals surface area contributed by atoms with Crippen molar-refractivity contribution in [2.24, 2.45) is 0 Å². The molecule has 12 heavy (non-hydrogen) atoms. The number of hydrogen-bond donors (Lipinski definition) is 4. The Bertz CT molecular complexity index is 112. The fourth-order valence-electron chi connectivity index (χ4n) is 0.774. The molecule has 3 unspecified atom stereocenters. The normalized spacial score (nSPS) is 18.8. The number of aliphatic hydroxyl groups excluding tert-OH is 4. The highest BCUT2D eigenvalue weighted by Crippen LogP contribution is 2.07. The highest BCUT2D eigenvalue weighted by atomic mass is 32.2. The zero-order chi connectivity index (χ0) is 9.56. The summed E-state index contributed by atoms with van der Waals surface area (Å²) in [5.74, 6) is 0.719. The Morgan fingerprint density at radius 3 is 2.17 bits per heavy atom. The third-order valence-corrected chi connectivity index (χ3v) is 2.24. The zero-order valence-electron chi connectivity index (χ0n) is 7.05. The van der Waals surface area contributed by atoms with E-state index >= 15 is 0 Å².